The molecular weight excluding hydrogens is 255 g/mol. The average Bonchev–Trinajstić information content (AvgIpc) is 1.96. The fourth-order valence-corrected chi connectivity index (χ4v) is 0.342. The Morgan fingerprint density at radius 2 is 1.44 bits per heavy atom. The third-order valence-corrected chi connectivity index (χ3v) is 0.607. The van der Waals surface area contributed by atoms with E-state index in [4.69, 9.17) is 0 Å². The minimum absolute atomic E-state index is 0. The van der Waals surface area contributed by atoms with Gasteiger partial charge < -0.3 is 5.73 Å². The summed E-state index contributed by atoms with van der Waals surface area (Å²) in [4.78, 5) is 0. The van der Waals surface area contributed by atoms with Gasteiger partial charge in [0, 0.05) is 0 Å². The molecule has 1 aromatic rings. The fraction of sp³-hybridized carbons (Fsp3) is 0. The summed E-state index contributed by atoms with van der Waals surface area (Å²) in [7, 11) is 2.75. The van der Waals surface area contributed by atoms with Crippen LogP contribution in [0.4, 0.5) is 0 Å². The van der Waals surface area contributed by atoms with E-state index in [2.05, 4.69) is 18.8 Å². The largest absolute Gasteiger partial charge is 2.00 e. The van der Waals surface area contributed by atoms with E-state index < -0.39 is 0 Å². The Morgan fingerprint density at radius 3 is 1.56 bits per heavy atom. The van der Waals surface area contributed by atoms with E-state index in [9.17, 15) is 0 Å². The van der Waals surface area contributed by atoms with Crippen LogP contribution in [0.1, 0.15) is 0 Å². The smallest absolute Gasteiger partial charge is 0.486 e. The first-order valence-electron chi connectivity index (χ1n) is 2.32. The summed E-state index contributed by atoms with van der Waals surface area (Å²) in [6.45, 7) is 0. The molecule has 0 aromatic heterocycles. The quantitative estimate of drug-likeness (QED) is 0.701. The Bertz CT molecular complexity index is 80.8. The Hall–Kier alpha value is 0.505. The molecule has 2 heteroatoms. The van der Waals surface area contributed by atoms with E-state index in [1.807, 2.05) is 30.3 Å². The second kappa shape index (κ2) is 11.3. The maximum atomic E-state index is 4.25. The van der Waals surface area contributed by atoms with Gasteiger partial charge in [0.15, 0.2) is 0 Å². The van der Waals surface area contributed by atoms with Crippen molar-refractivity contribution in [3.8, 4) is 0 Å². The summed E-state index contributed by atoms with van der Waals surface area (Å²) in [5.41, 5.74) is 4.25. The molecule has 0 saturated heterocycles. The van der Waals surface area contributed by atoms with Crippen molar-refractivity contribution < 1.29 is 39.9 Å². The topological polar surface area (TPSA) is 26.0 Å². The van der Waals surface area contributed by atoms with E-state index in [1.165, 1.54) is 0 Å². The molecule has 9 heavy (non-hydrogen) atoms. The summed E-state index contributed by atoms with van der Waals surface area (Å²) in [5, 5.41) is 0. The Morgan fingerprint density at radius 1 is 1.00 bits per heavy atom. The van der Waals surface area contributed by atoms with Gasteiger partial charge in [0.25, 0.3) is 0 Å². The van der Waals surface area contributed by atoms with Gasteiger partial charge >= 0.3 is 39.9 Å². The number of benzene rings is 1. The van der Waals surface area contributed by atoms with Crippen molar-refractivity contribution in [3.05, 3.63) is 43.4 Å². The monoisotopic (exact) mass is 265 g/mol. The molecule has 1 nitrogen and oxygen atoms in total. The van der Waals surface area contributed by atoms with Gasteiger partial charge in [-0.25, -0.2) is 0 Å². The zero-order valence-corrected chi connectivity index (χ0v) is 7.29. The molecule has 0 radical (unpaired) electrons. The first-order valence-corrected chi connectivity index (χ1v) is 2.32. The van der Waals surface area contributed by atoms with Crippen molar-refractivity contribution in [1.29, 1.82) is 0 Å². The summed E-state index contributed by atoms with van der Waals surface area (Å²) in [5.74, 6) is 0. The number of hydrogen-bond acceptors (Lipinski definition) is 1. The van der Waals surface area contributed by atoms with Crippen LogP contribution < -0.4 is 5.73 Å². The van der Waals surface area contributed by atoms with Crippen LogP contribution in [0.15, 0.2) is 30.3 Å². The van der Waals surface area contributed by atoms with Crippen molar-refractivity contribution in [2.75, 3.05) is 0 Å². The summed E-state index contributed by atoms with van der Waals surface area (Å²) in [6, 6.07) is 12.5. The van der Waals surface area contributed by atoms with Crippen LogP contribution in [0.3, 0.4) is 0 Å². The molecule has 0 fully saturated rings. The van der Waals surface area contributed by atoms with Crippen molar-refractivity contribution >= 4 is 0 Å². The van der Waals surface area contributed by atoms with Gasteiger partial charge in [-0.15, -0.1) is 0 Å². The normalized spacial score (nSPS) is 6.00. The van der Waals surface area contributed by atoms with Gasteiger partial charge in [-0.05, 0) is 0 Å². The van der Waals surface area contributed by atoms with Gasteiger partial charge in [-0.3, -0.25) is 7.05 Å². The molecule has 0 unspecified atom stereocenters. The van der Waals surface area contributed by atoms with Crippen molar-refractivity contribution in [3.63, 3.8) is 0 Å². The minimum atomic E-state index is 0. The molecular formula is C7H9GdN. The van der Waals surface area contributed by atoms with Gasteiger partial charge in [0.05, 0.1) is 0 Å². The number of rotatable bonds is 0. The standard InChI is InChI=1S/C6H5.CH4N.Gd/c1-2-4-6-5-3-1;1-2;/h1-5H;1-2H2;/q2*-1;+2. The predicted molar refractivity (Wildman–Crippen MR) is 34.8 cm³/mol. The predicted octanol–water partition coefficient (Wildman–Crippen LogP) is 1.22. The zero-order valence-electron chi connectivity index (χ0n) is 5.02. The molecule has 0 amide bonds. The van der Waals surface area contributed by atoms with Crippen molar-refractivity contribution in [1.82, 2.24) is 0 Å². The maximum absolute atomic E-state index is 4.25. The van der Waals surface area contributed by atoms with Crippen molar-refractivity contribution in [2.45, 2.75) is 0 Å². The van der Waals surface area contributed by atoms with E-state index in [1.54, 1.807) is 0 Å². The summed E-state index contributed by atoms with van der Waals surface area (Å²) >= 11 is 0. The van der Waals surface area contributed by atoms with Crippen LogP contribution in [0.2, 0.25) is 0 Å². The second-order valence-corrected chi connectivity index (χ2v) is 1.08. The molecule has 0 aliphatic carbocycles. The molecule has 1 aromatic carbocycles. The van der Waals surface area contributed by atoms with E-state index in [0.717, 1.165) is 0 Å². The van der Waals surface area contributed by atoms with Crippen LogP contribution in [-0.4, -0.2) is 0 Å². The molecule has 0 saturated carbocycles. The van der Waals surface area contributed by atoms with Gasteiger partial charge in [-0.2, -0.15) is 36.4 Å². The van der Waals surface area contributed by atoms with E-state index in [-0.39, 0.29) is 39.9 Å². The number of nitrogens with two attached hydrogens (primary N) is 1. The number of hydrogen-bond donors (Lipinski definition) is 1. The van der Waals surface area contributed by atoms with Crippen LogP contribution in [-0.2, 0) is 0 Å². The van der Waals surface area contributed by atoms with Crippen LogP contribution in [0.5, 0.6) is 0 Å². The molecule has 0 bridgehead atoms. The average molecular weight is 264 g/mol. The molecule has 0 atom stereocenters. The summed E-state index contributed by atoms with van der Waals surface area (Å²) in [6.07, 6.45) is 0. The Labute approximate surface area is 88.3 Å². The maximum Gasteiger partial charge on any atom is 2.00 e. The van der Waals surface area contributed by atoms with Gasteiger partial charge in [-0.1, -0.05) is 0 Å². The third kappa shape index (κ3) is 8.50. The van der Waals surface area contributed by atoms with Gasteiger partial charge in [0.1, 0.15) is 0 Å². The molecule has 1 rings (SSSR count). The van der Waals surface area contributed by atoms with Crippen LogP contribution in [0, 0.1) is 53.1 Å². The molecule has 50 valence electrons. The molecule has 0 aliphatic heterocycles. The second-order valence-electron chi connectivity index (χ2n) is 1.08. The molecule has 0 spiro atoms. The Balaban J connectivity index is 0. The van der Waals surface area contributed by atoms with Crippen LogP contribution >= 0.6 is 0 Å². The molecule has 0 aliphatic rings. The zero-order chi connectivity index (χ0) is 6.24. The molecule has 2 N–H and O–H groups in total. The van der Waals surface area contributed by atoms with Crippen molar-refractivity contribution in [2.24, 2.45) is 5.73 Å². The minimum Gasteiger partial charge on any atom is -0.486 e. The van der Waals surface area contributed by atoms with E-state index in [0.29, 0.717) is 0 Å². The van der Waals surface area contributed by atoms with E-state index >= 15 is 0 Å². The first kappa shape index (κ1) is 12.2. The Kier molecular flexibility index (Phi) is 15.4. The van der Waals surface area contributed by atoms with Gasteiger partial charge in [0.2, 0.25) is 0 Å². The fourth-order valence-electron chi connectivity index (χ4n) is 0.342. The summed E-state index contributed by atoms with van der Waals surface area (Å²) < 4.78 is 0. The molecule has 0 heterocycles. The SMILES string of the molecule is [CH2-]N.[Gd+2].[c-]1ccccc1. The first-order chi connectivity index (χ1) is 4.00. The third-order valence-electron chi connectivity index (χ3n) is 0.607. The van der Waals surface area contributed by atoms with Crippen LogP contribution in [0.25, 0.3) is 0 Å².